The maximum atomic E-state index is 9.34. The van der Waals surface area contributed by atoms with Gasteiger partial charge in [-0.05, 0) is 19.3 Å². The van der Waals surface area contributed by atoms with Gasteiger partial charge in [-0.3, -0.25) is 0 Å². The number of aliphatic hydroxyl groups is 1. The molecule has 0 aromatic heterocycles. The number of aliphatic hydroxyl groups excluding tert-OH is 1. The number of rotatable bonds is 0. The Morgan fingerprint density at radius 1 is 1.33 bits per heavy atom. The van der Waals surface area contributed by atoms with Crippen molar-refractivity contribution in [2.24, 2.45) is 0 Å². The zero-order valence-corrected chi connectivity index (χ0v) is 5.51. The summed E-state index contributed by atoms with van der Waals surface area (Å²) in [6.07, 6.45) is 4.70. The van der Waals surface area contributed by atoms with Gasteiger partial charge in [0.25, 0.3) is 0 Å². The second-order valence-electron chi connectivity index (χ2n) is 3.20. The molecule has 2 aliphatic rings. The van der Waals surface area contributed by atoms with Crippen molar-refractivity contribution in [2.45, 2.75) is 43.9 Å². The summed E-state index contributed by atoms with van der Waals surface area (Å²) in [5, 5.41) is 12.7. The smallest absolute Gasteiger partial charge is 0.0708 e. The fourth-order valence-electron chi connectivity index (χ4n) is 2.00. The maximum Gasteiger partial charge on any atom is 0.0708 e. The third-order valence-electron chi connectivity index (χ3n) is 2.51. The Balaban J connectivity index is 2.07. The van der Waals surface area contributed by atoms with Crippen LogP contribution in [0.4, 0.5) is 0 Å². The maximum absolute atomic E-state index is 9.34. The van der Waals surface area contributed by atoms with Crippen molar-refractivity contribution in [1.29, 1.82) is 0 Å². The molecule has 0 saturated carbocycles. The van der Waals surface area contributed by atoms with Gasteiger partial charge in [-0.2, -0.15) is 0 Å². The third-order valence-corrected chi connectivity index (χ3v) is 2.51. The van der Waals surface area contributed by atoms with Gasteiger partial charge in [0.2, 0.25) is 0 Å². The first-order valence-corrected chi connectivity index (χ1v) is 3.80. The van der Waals surface area contributed by atoms with Gasteiger partial charge in [-0.15, -0.1) is 0 Å². The van der Waals surface area contributed by atoms with E-state index >= 15 is 0 Å². The Kier molecular flexibility index (Phi) is 1.24. The van der Waals surface area contributed by atoms with Crippen molar-refractivity contribution < 1.29 is 5.11 Å². The molecule has 2 nitrogen and oxygen atoms in total. The fourth-order valence-corrected chi connectivity index (χ4v) is 2.00. The van der Waals surface area contributed by atoms with Crippen LogP contribution in [0.15, 0.2) is 0 Å². The minimum absolute atomic E-state index is 0.0440. The quantitative estimate of drug-likeness (QED) is 0.489. The Labute approximate surface area is 55.3 Å². The lowest BCUT2D eigenvalue weighted by Crippen LogP contribution is -2.36. The van der Waals surface area contributed by atoms with E-state index in [-0.39, 0.29) is 6.10 Å². The zero-order valence-electron chi connectivity index (χ0n) is 5.51. The predicted octanol–water partition coefficient (Wildman–Crippen LogP) is 0.262. The summed E-state index contributed by atoms with van der Waals surface area (Å²) in [6, 6.07) is 1.07. The van der Waals surface area contributed by atoms with Crippen LogP contribution < -0.4 is 5.32 Å². The zero-order chi connectivity index (χ0) is 6.27. The molecule has 2 saturated heterocycles. The molecule has 2 aliphatic heterocycles. The van der Waals surface area contributed by atoms with Gasteiger partial charge in [-0.25, -0.2) is 0 Å². The average Bonchev–Trinajstić information content (AvgIpc) is 2.09. The Hall–Kier alpha value is -0.0800. The van der Waals surface area contributed by atoms with Crippen molar-refractivity contribution in [2.75, 3.05) is 0 Å². The molecule has 3 atom stereocenters. The summed E-state index contributed by atoms with van der Waals surface area (Å²) < 4.78 is 0. The van der Waals surface area contributed by atoms with Crippen LogP contribution in [0.1, 0.15) is 25.7 Å². The summed E-state index contributed by atoms with van der Waals surface area (Å²) >= 11 is 0. The highest BCUT2D eigenvalue weighted by Gasteiger charge is 2.34. The molecule has 0 aromatic rings. The van der Waals surface area contributed by atoms with Gasteiger partial charge < -0.3 is 10.4 Å². The van der Waals surface area contributed by atoms with Crippen molar-refractivity contribution >= 4 is 0 Å². The van der Waals surface area contributed by atoms with Crippen LogP contribution in [0.25, 0.3) is 0 Å². The standard InChI is InChI=1S/C7H13NO/c9-7-4-5-2-1-3-6(7)8-5/h5-9H,1-4H2/t5-,6+,7?/m0/s1. The van der Waals surface area contributed by atoms with E-state index in [0.29, 0.717) is 12.1 Å². The van der Waals surface area contributed by atoms with Crippen LogP contribution in [0.5, 0.6) is 0 Å². The minimum atomic E-state index is -0.0440. The molecule has 2 heteroatoms. The van der Waals surface area contributed by atoms with Crippen molar-refractivity contribution in [1.82, 2.24) is 5.32 Å². The van der Waals surface area contributed by atoms with Crippen LogP contribution in [-0.4, -0.2) is 23.3 Å². The molecule has 1 unspecified atom stereocenters. The summed E-state index contributed by atoms with van der Waals surface area (Å²) in [5.74, 6) is 0. The molecule has 2 fully saturated rings. The topological polar surface area (TPSA) is 32.3 Å². The Morgan fingerprint density at radius 3 is 2.89 bits per heavy atom. The third kappa shape index (κ3) is 0.864. The molecule has 0 spiro atoms. The molecule has 2 heterocycles. The molecule has 2 bridgehead atoms. The first kappa shape index (κ1) is 5.69. The van der Waals surface area contributed by atoms with Crippen LogP contribution >= 0.6 is 0 Å². The van der Waals surface area contributed by atoms with E-state index in [2.05, 4.69) is 5.32 Å². The molecule has 0 aliphatic carbocycles. The van der Waals surface area contributed by atoms with E-state index in [1.54, 1.807) is 0 Å². The van der Waals surface area contributed by atoms with Gasteiger partial charge in [-0.1, -0.05) is 6.42 Å². The monoisotopic (exact) mass is 127 g/mol. The number of hydrogen-bond donors (Lipinski definition) is 2. The fraction of sp³-hybridized carbons (Fsp3) is 1.00. The van der Waals surface area contributed by atoms with Crippen molar-refractivity contribution in [3.05, 3.63) is 0 Å². The highest BCUT2D eigenvalue weighted by atomic mass is 16.3. The van der Waals surface area contributed by atoms with Crippen LogP contribution in [-0.2, 0) is 0 Å². The molecule has 0 radical (unpaired) electrons. The van der Waals surface area contributed by atoms with Crippen LogP contribution in [0, 0.1) is 0 Å². The number of piperidine rings is 1. The molecular weight excluding hydrogens is 114 g/mol. The second kappa shape index (κ2) is 1.96. The van der Waals surface area contributed by atoms with E-state index in [0.717, 1.165) is 6.42 Å². The SMILES string of the molecule is OC1C[C@@H]2CCC[C@H]1N2. The molecule has 9 heavy (non-hydrogen) atoms. The normalized spacial score (nSPS) is 49.7. The van der Waals surface area contributed by atoms with Gasteiger partial charge in [0.1, 0.15) is 0 Å². The van der Waals surface area contributed by atoms with Crippen molar-refractivity contribution in [3.8, 4) is 0 Å². The summed E-state index contributed by atoms with van der Waals surface area (Å²) in [7, 11) is 0. The lowest BCUT2D eigenvalue weighted by Gasteiger charge is -2.20. The number of hydrogen-bond acceptors (Lipinski definition) is 2. The second-order valence-corrected chi connectivity index (χ2v) is 3.20. The highest BCUT2D eigenvalue weighted by Crippen LogP contribution is 2.26. The van der Waals surface area contributed by atoms with Gasteiger partial charge in [0, 0.05) is 12.1 Å². The molecule has 0 aromatic carbocycles. The molecule has 2 rings (SSSR count). The molecule has 52 valence electrons. The molecule has 2 N–H and O–H groups in total. The molecular formula is C7H13NO. The Morgan fingerprint density at radius 2 is 2.22 bits per heavy atom. The number of fused-ring (bicyclic) bond motifs is 2. The summed E-state index contributed by atoms with van der Waals surface area (Å²) in [5.41, 5.74) is 0. The minimum Gasteiger partial charge on any atom is -0.391 e. The highest BCUT2D eigenvalue weighted by molar-refractivity contribution is 4.94. The van der Waals surface area contributed by atoms with Crippen LogP contribution in [0.3, 0.4) is 0 Å². The first-order valence-electron chi connectivity index (χ1n) is 3.80. The average molecular weight is 127 g/mol. The largest absolute Gasteiger partial charge is 0.391 e. The number of nitrogens with one attached hydrogen (secondary N) is 1. The van der Waals surface area contributed by atoms with E-state index in [1.165, 1.54) is 19.3 Å². The van der Waals surface area contributed by atoms with Gasteiger partial charge in [0.15, 0.2) is 0 Å². The first-order chi connectivity index (χ1) is 4.36. The Bertz CT molecular complexity index is 113. The lowest BCUT2D eigenvalue weighted by atomic mass is 10.1. The lowest BCUT2D eigenvalue weighted by molar-refractivity contribution is 0.156. The predicted molar refractivity (Wildman–Crippen MR) is 35.2 cm³/mol. The van der Waals surface area contributed by atoms with E-state index < -0.39 is 0 Å². The van der Waals surface area contributed by atoms with Crippen LogP contribution in [0.2, 0.25) is 0 Å². The summed E-state index contributed by atoms with van der Waals surface area (Å²) in [6.45, 7) is 0. The van der Waals surface area contributed by atoms with E-state index in [9.17, 15) is 5.11 Å². The van der Waals surface area contributed by atoms with E-state index in [1.807, 2.05) is 0 Å². The van der Waals surface area contributed by atoms with Crippen molar-refractivity contribution in [3.63, 3.8) is 0 Å². The van der Waals surface area contributed by atoms with Gasteiger partial charge in [0.05, 0.1) is 6.10 Å². The van der Waals surface area contributed by atoms with Gasteiger partial charge >= 0.3 is 0 Å². The van der Waals surface area contributed by atoms with E-state index in [4.69, 9.17) is 0 Å². The summed E-state index contributed by atoms with van der Waals surface area (Å²) in [4.78, 5) is 0. The molecule has 0 amide bonds.